The maximum absolute atomic E-state index is 8.51. The number of hydrogen-bond acceptors (Lipinski definition) is 4. The number of aliphatic hydroxyl groups is 1. The minimum Gasteiger partial charge on any atom is -0.398 e. The molecule has 0 radical (unpaired) electrons. The summed E-state index contributed by atoms with van der Waals surface area (Å²) in [5, 5.41) is 8.51. The summed E-state index contributed by atoms with van der Waals surface area (Å²) in [5.74, 6) is -1.44. The Hall–Kier alpha value is -0.0951. The van der Waals surface area contributed by atoms with Crippen LogP contribution in [0.2, 0.25) is 0 Å². The fraction of sp³-hybridized carbons (Fsp3) is 1.00. The highest BCUT2D eigenvalue weighted by atomic mass is 16.3. The molecule has 42 valence electrons. The first kappa shape index (κ1) is 6.90. The van der Waals surface area contributed by atoms with E-state index in [0.29, 0.717) is 0 Å². The molecule has 0 rings (SSSR count). The third-order valence-corrected chi connectivity index (χ3v) is 0.724. The van der Waals surface area contributed by atoms with E-state index >= 15 is 0 Å². The molecule has 5 heteroatoms. The lowest BCUT2D eigenvalue weighted by molar-refractivity contribution is 0.163. The van der Waals surface area contributed by atoms with Gasteiger partial charge in [-0.15, -0.1) is 0 Å². The molecule has 0 saturated carbocycles. The normalized spacial score (nSPS) is 16.6. The molecular formula is C2H10BN3O. The van der Waals surface area contributed by atoms with E-state index in [0.717, 1.165) is 0 Å². The van der Waals surface area contributed by atoms with Crippen LogP contribution in [0, 0.1) is 0 Å². The van der Waals surface area contributed by atoms with Crippen molar-refractivity contribution in [3.8, 4) is 0 Å². The van der Waals surface area contributed by atoms with Crippen molar-refractivity contribution in [3.63, 3.8) is 0 Å². The third kappa shape index (κ3) is 2.58. The molecule has 0 bridgehead atoms. The van der Waals surface area contributed by atoms with Gasteiger partial charge in [-0.05, 0) is 0 Å². The highest BCUT2D eigenvalue weighted by Gasteiger charge is 2.17. The standard InChI is InChI=1S/C2H10BN3O/c3-1(7)2(4,5)6/h1,7H,3-6H2. The van der Waals surface area contributed by atoms with Crippen LogP contribution < -0.4 is 17.2 Å². The Morgan fingerprint density at radius 1 is 1.43 bits per heavy atom. The molecule has 0 aromatic heterocycles. The molecule has 0 heterocycles. The summed E-state index contributed by atoms with van der Waals surface area (Å²) in [6, 6.07) is -0.868. The zero-order valence-corrected chi connectivity index (χ0v) is 4.26. The second kappa shape index (κ2) is 1.79. The fourth-order valence-corrected chi connectivity index (χ4v) is 0. The minimum atomic E-state index is -1.44. The van der Waals surface area contributed by atoms with Gasteiger partial charge in [0.15, 0.2) is 0 Å². The van der Waals surface area contributed by atoms with Crippen molar-refractivity contribution >= 4 is 7.85 Å². The van der Waals surface area contributed by atoms with Crippen LogP contribution in [-0.4, -0.2) is 24.7 Å². The Balaban J connectivity index is 3.54. The summed E-state index contributed by atoms with van der Waals surface area (Å²) < 4.78 is 0. The molecule has 0 amide bonds. The second-order valence-electron chi connectivity index (χ2n) is 1.68. The lowest BCUT2D eigenvalue weighted by atomic mass is 9.94. The average Bonchev–Trinajstić information content (AvgIpc) is 1.31. The zero-order valence-electron chi connectivity index (χ0n) is 4.26. The van der Waals surface area contributed by atoms with Gasteiger partial charge in [0.1, 0.15) is 13.6 Å². The van der Waals surface area contributed by atoms with E-state index in [1.54, 1.807) is 0 Å². The lowest BCUT2D eigenvalue weighted by Crippen LogP contribution is -2.66. The summed E-state index contributed by atoms with van der Waals surface area (Å²) in [6.45, 7) is 0. The van der Waals surface area contributed by atoms with Gasteiger partial charge in [0.25, 0.3) is 0 Å². The van der Waals surface area contributed by atoms with E-state index in [2.05, 4.69) is 0 Å². The van der Waals surface area contributed by atoms with E-state index in [1.807, 2.05) is 0 Å². The quantitative estimate of drug-likeness (QED) is 0.204. The number of hydrogen-bond donors (Lipinski definition) is 4. The molecule has 7 heavy (non-hydrogen) atoms. The average molecular weight is 103 g/mol. The van der Waals surface area contributed by atoms with E-state index in [9.17, 15) is 0 Å². The first-order valence-electron chi connectivity index (χ1n) is 1.99. The molecule has 0 saturated heterocycles. The van der Waals surface area contributed by atoms with Crippen molar-refractivity contribution in [2.45, 2.75) is 11.8 Å². The van der Waals surface area contributed by atoms with Crippen LogP contribution >= 0.6 is 0 Å². The molecule has 0 aliphatic carbocycles. The number of nitrogens with two attached hydrogens (primary N) is 3. The van der Waals surface area contributed by atoms with E-state index in [1.165, 1.54) is 7.85 Å². The number of aliphatic hydroxyl groups excluding tert-OH is 1. The van der Waals surface area contributed by atoms with Crippen molar-refractivity contribution in [2.75, 3.05) is 0 Å². The first-order valence-corrected chi connectivity index (χ1v) is 1.99. The predicted octanol–water partition coefficient (Wildman–Crippen LogP) is -3.53. The fourth-order valence-electron chi connectivity index (χ4n) is 0. The summed E-state index contributed by atoms with van der Waals surface area (Å²) in [4.78, 5) is 0. The lowest BCUT2D eigenvalue weighted by Gasteiger charge is -2.21. The van der Waals surface area contributed by atoms with Gasteiger partial charge in [0.2, 0.25) is 0 Å². The van der Waals surface area contributed by atoms with Gasteiger partial charge in [-0.2, -0.15) is 0 Å². The molecule has 0 aliphatic heterocycles. The van der Waals surface area contributed by atoms with E-state index in [-0.39, 0.29) is 0 Å². The van der Waals surface area contributed by atoms with Gasteiger partial charge in [-0.3, -0.25) is 17.2 Å². The van der Waals surface area contributed by atoms with Gasteiger partial charge in [-0.25, -0.2) is 0 Å². The maximum Gasteiger partial charge on any atom is 0.144 e. The minimum absolute atomic E-state index is 0.868. The van der Waals surface area contributed by atoms with Crippen LogP contribution in [-0.2, 0) is 0 Å². The molecule has 4 nitrogen and oxygen atoms in total. The largest absolute Gasteiger partial charge is 0.398 e. The summed E-state index contributed by atoms with van der Waals surface area (Å²) in [5.41, 5.74) is 15.0. The first-order chi connectivity index (χ1) is 2.94. The molecule has 1 unspecified atom stereocenters. The van der Waals surface area contributed by atoms with E-state index in [4.69, 9.17) is 22.3 Å². The van der Waals surface area contributed by atoms with Crippen LogP contribution in [0.1, 0.15) is 0 Å². The Labute approximate surface area is 43.1 Å². The van der Waals surface area contributed by atoms with Crippen LogP contribution in [0.25, 0.3) is 0 Å². The van der Waals surface area contributed by atoms with Gasteiger partial charge in [-0.1, -0.05) is 0 Å². The van der Waals surface area contributed by atoms with Gasteiger partial charge < -0.3 is 5.11 Å². The van der Waals surface area contributed by atoms with Crippen LogP contribution in [0.3, 0.4) is 0 Å². The second-order valence-corrected chi connectivity index (χ2v) is 1.68. The van der Waals surface area contributed by atoms with Crippen molar-refractivity contribution in [1.29, 1.82) is 0 Å². The summed E-state index contributed by atoms with van der Waals surface area (Å²) >= 11 is 0. The van der Waals surface area contributed by atoms with E-state index < -0.39 is 11.8 Å². The topological polar surface area (TPSA) is 98.3 Å². The predicted molar refractivity (Wildman–Crippen MR) is 29.8 cm³/mol. The van der Waals surface area contributed by atoms with Crippen LogP contribution in [0.15, 0.2) is 0 Å². The molecular weight excluding hydrogens is 92.9 g/mol. The van der Waals surface area contributed by atoms with Crippen molar-refractivity contribution in [2.24, 2.45) is 17.2 Å². The molecule has 0 fully saturated rings. The SMILES string of the molecule is BC(O)C(N)(N)N. The third-order valence-electron chi connectivity index (χ3n) is 0.724. The maximum atomic E-state index is 8.51. The van der Waals surface area contributed by atoms with Crippen molar-refractivity contribution < 1.29 is 5.11 Å². The van der Waals surface area contributed by atoms with Gasteiger partial charge >= 0.3 is 0 Å². The molecule has 1 atom stereocenters. The molecule has 0 aromatic rings. The van der Waals surface area contributed by atoms with Gasteiger partial charge in [0.05, 0.1) is 6.00 Å². The Bertz CT molecular complexity index is 58.4. The van der Waals surface area contributed by atoms with Crippen molar-refractivity contribution in [3.05, 3.63) is 0 Å². The molecule has 0 aromatic carbocycles. The Morgan fingerprint density at radius 3 is 1.57 bits per heavy atom. The smallest absolute Gasteiger partial charge is 0.144 e. The number of rotatable bonds is 1. The van der Waals surface area contributed by atoms with Crippen LogP contribution in [0.5, 0.6) is 0 Å². The highest BCUT2D eigenvalue weighted by Crippen LogP contribution is 1.80. The Kier molecular flexibility index (Phi) is 1.77. The summed E-state index contributed by atoms with van der Waals surface area (Å²) in [6.07, 6.45) is 0. The monoisotopic (exact) mass is 103 g/mol. The Morgan fingerprint density at radius 2 is 1.57 bits per heavy atom. The zero-order chi connectivity index (χ0) is 6.08. The highest BCUT2D eigenvalue weighted by molar-refractivity contribution is 6.11. The molecule has 0 aliphatic rings. The van der Waals surface area contributed by atoms with Crippen LogP contribution in [0.4, 0.5) is 0 Å². The van der Waals surface area contributed by atoms with Crippen molar-refractivity contribution in [1.82, 2.24) is 0 Å². The molecule has 0 spiro atoms. The van der Waals surface area contributed by atoms with Gasteiger partial charge in [0, 0.05) is 0 Å². The summed E-state index contributed by atoms with van der Waals surface area (Å²) in [7, 11) is 1.43. The molecule has 7 N–H and O–H groups in total.